The lowest BCUT2D eigenvalue weighted by Gasteiger charge is -2.14. The van der Waals surface area contributed by atoms with Crippen LogP contribution in [0.25, 0.3) is 33.3 Å². The number of para-hydroxylation sites is 2. The van der Waals surface area contributed by atoms with Gasteiger partial charge in [0.05, 0.1) is 27.8 Å². The number of aromatic amines is 2. The maximum absolute atomic E-state index is 13.1. The number of fused-ring (bicyclic) bond motifs is 2. The lowest BCUT2D eigenvalue weighted by atomic mass is 10.1. The van der Waals surface area contributed by atoms with E-state index in [9.17, 15) is 18.0 Å². The number of nitrogens with one attached hydrogen (secondary N) is 4. The predicted molar refractivity (Wildman–Crippen MR) is 131 cm³/mol. The molecule has 4 N–H and O–H groups in total. The molecule has 35 heavy (non-hydrogen) atoms. The quantitative estimate of drug-likeness (QED) is 0.226. The topological polar surface area (TPSA) is 98.5 Å². The molecular weight excluding hydrogens is 481 g/mol. The monoisotopic (exact) mass is 498 g/mol. The van der Waals surface area contributed by atoms with Crippen molar-refractivity contribution in [2.75, 3.05) is 23.7 Å². The van der Waals surface area contributed by atoms with Crippen LogP contribution in [0.2, 0.25) is 5.02 Å². The van der Waals surface area contributed by atoms with Crippen molar-refractivity contribution >= 4 is 45.0 Å². The lowest BCUT2D eigenvalue weighted by molar-refractivity contribution is -0.137. The lowest BCUT2D eigenvalue weighted by Crippen LogP contribution is -2.19. The van der Waals surface area contributed by atoms with E-state index in [1.807, 2.05) is 24.3 Å². The summed E-state index contributed by atoms with van der Waals surface area (Å²) in [6.07, 6.45) is -3.66. The molecule has 0 amide bonds. The first-order valence-electron chi connectivity index (χ1n) is 10.6. The number of pyridine rings is 2. The SMILES string of the molecule is O=c1[nH]c2ccc(Cl)cc2c(NCCNc2ccc(C(F)(F)F)cn2)c1-c1nc2ccccc2[nH]1. The van der Waals surface area contributed by atoms with Gasteiger partial charge in [0.2, 0.25) is 0 Å². The fourth-order valence-electron chi connectivity index (χ4n) is 3.79. The van der Waals surface area contributed by atoms with Crippen molar-refractivity contribution in [2.45, 2.75) is 6.18 Å². The Morgan fingerprint density at radius 1 is 0.943 bits per heavy atom. The summed E-state index contributed by atoms with van der Waals surface area (Å²) in [5.74, 6) is 0.699. The highest BCUT2D eigenvalue weighted by Crippen LogP contribution is 2.32. The molecule has 0 spiro atoms. The zero-order valence-corrected chi connectivity index (χ0v) is 18.8. The Labute approximate surface area is 201 Å². The Kier molecular flexibility index (Phi) is 5.81. The predicted octanol–water partition coefficient (Wildman–Crippen LogP) is 5.66. The van der Waals surface area contributed by atoms with Gasteiger partial charge in [-0.05, 0) is 42.5 Å². The highest BCUT2D eigenvalue weighted by atomic mass is 35.5. The fraction of sp³-hybridized carbons (Fsp3) is 0.125. The minimum absolute atomic E-state index is 0.302. The van der Waals surface area contributed by atoms with Crippen molar-refractivity contribution in [1.29, 1.82) is 0 Å². The van der Waals surface area contributed by atoms with Crippen LogP contribution in [0.1, 0.15) is 5.56 Å². The van der Waals surface area contributed by atoms with Crippen molar-refractivity contribution in [1.82, 2.24) is 19.9 Å². The van der Waals surface area contributed by atoms with E-state index >= 15 is 0 Å². The van der Waals surface area contributed by atoms with Crippen molar-refractivity contribution < 1.29 is 13.2 Å². The number of anilines is 2. The summed E-state index contributed by atoms with van der Waals surface area (Å²) in [5.41, 5.74) is 1.81. The second-order valence-corrected chi connectivity index (χ2v) is 8.22. The molecule has 3 aromatic heterocycles. The molecule has 178 valence electrons. The third kappa shape index (κ3) is 4.65. The number of rotatable bonds is 6. The third-order valence-corrected chi connectivity index (χ3v) is 5.66. The summed E-state index contributed by atoms with van der Waals surface area (Å²) in [6.45, 7) is 0.661. The van der Waals surface area contributed by atoms with Gasteiger partial charge < -0.3 is 20.6 Å². The first-order chi connectivity index (χ1) is 16.8. The van der Waals surface area contributed by atoms with Gasteiger partial charge in [0.15, 0.2) is 0 Å². The number of nitrogens with zero attached hydrogens (tertiary/aromatic N) is 2. The van der Waals surface area contributed by atoms with Crippen LogP contribution in [0.3, 0.4) is 0 Å². The van der Waals surface area contributed by atoms with Crippen molar-refractivity contribution in [3.05, 3.63) is 81.7 Å². The first kappa shape index (κ1) is 22.7. The first-order valence-corrected chi connectivity index (χ1v) is 11.0. The van der Waals surface area contributed by atoms with E-state index in [0.717, 1.165) is 17.8 Å². The standard InChI is InChI=1S/C24H18ClF3N6O/c25-14-6-7-16-15(11-14)21(30-10-9-29-19-8-5-13(12-31-19)24(26,27)28)20(23(35)34-16)22-32-17-3-1-2-4-18(17)33-22/h1-8,11-12H,9-10H2,(H,29,31)(H,32,33)(H2,30,34,35). The molecule has 3 heterocycles. The van der Waals surface area contributed by atoms with E-state index in [0.29, 0.717) is 57.4 Å². The molecule has 0 aliphatic carbocycles. The van der Waals surface area contributed by atoms with Gasteiger partial charge in [0.25, 0.3) is 5.56 Å². The molecule has 0 aliphatic heterocycles. The summed E-state index contributed by atoms with van der Waals surface area (Å²) in [7, 11) is 0. The molecular formula is C24H18ClF3N6O. The fourth-order valence-corrected chi connectivity index (χ4v) is 3.96. The second kappa shape index (κ2) is 8.95. The van der Waals surface area contributed by atoms with Crippen LogP contribution in [-0.2, 0) is 6.18 Å². The van der Waals surface area contributed by atoms with Crippen LogP contribution in [0.4, 0.5) is 24.7 Å². The van der Waals surface area contributed by atoms with Crippen LogP contribution >= 0.6 is 11.6 Å². The summed E-state index contributed by atoms with van der Waals surface area (Å²) in [5, 5.41) is 7.43. The van der Waals surface area contributed by atoms with Crippen LogP contribution in [-0.4, -0.2) is 33.0 Å². The van der Waals surface area contributed by atoms with Crippen LogP contribution in [0.15, 0.2) is 65.6 Å². The van der Waals surface area contributed by atoms with Crippen LogP contribution < -0.4 is 16.2 Å². The third-order valence-electron chi connectivity index (χ3n) is 5.43. The van der Waals surface area contributed by atoms with Crippen LogP contribution in [0, 0.1) is 0 Å². The highest BCUT2D eigenvalue weighted by molar-refractivity contribution is 6.31. The molecule has 5 aromatic rings. The molecule has 0 saturated heterocycles. The summed E-state index contributed by atoms with van der Waals surface area (Å²) in [6, 6.07) is 14.8. The molecule has 0 saturated carbocycles. The largest absolute Gasteiger partial charge is 0.417 e. The van der Waals surface area contributed by atoms with E-state index in [2.05, 4.69) is 30.6 Å². The number of benzene rings is 2. The van der Waals surface area contributed by atoms with E-state index < -0.39 is 11.7 Å². The van der Waals surface area contributed by atoms with Crippen LogP contribution in [0.5, 0.6) is 0 Å². The molecule has 0 aliphatic rings. The minimum Gasteiger partial charge on any atom is -0.382 e. The van der Waals surface area contributed by atoms with E-state index in [4.69, 9.17) is 11.6 Å². The summed E-state index contributed by atoms with van der Waals surface area (Å²) < 4.78 is 38.2. The normalized spacial score (nSPS) is 11.8. The van der Waals surface area contributed by atoms with Gasteiger partial charge in [-0.2, -0.15) is 13.2 Å². The van der Waals surface area contributed by atoms with Gasteiger partial charge in [-0.15, -0.1) is 0 Å². The number of halogens is 4. The maximum Gasteiger partial charge on any atom is 0.417 e. The average molecular weight is 499 g/mol. The van der Waals surface area contributed by atoms with Gasteiger partial charge in [-0.1, -0.05) is 23.7 Å². The zero-order chi connectivity index (χ0) is 24.6. The molecule has 2 aromatic carbocycles. The van der Waals surface area contributed by atoms with Gasteiger partial charge >= 0.3 is 6.18 Å². The molecule has 5 rings (SSSR count). The minimum atomic E-state index is -4.44. The van der Waals surface area contributed by atoms with Crippen molar-refractivity contribution in [2.24, 2.45) is 0 Å². The van der Waals surface area contributed by atoms with E-state index in [-0.39, 0.29) is 5.56 Å². The maximum atomic E-state index is 13.1. The second-order valence-electron chi connectivity index (χ2n) is 7.78. The van der Waals surface area contributed by atoms with E-state index in [1.165, 1.54) is 6.07 Å². The summed E-state index contributed by atoms with van der Waals surface area (Å²) in [4.78, 5) is 27.5. The Morgan fingerprint density at radius 3 is 2.49 bits per heavy atom. The summed E-state index contributed by atoms with van der Waals surface area (Å²) >= 11 is 6.24. The number of aromatic nitrogens is 4. The Hall–Kier alpha value is -4.05. The molecule has 0 bridgehead atoms. The molecule has 0 atom stereocenters. The smallest absolute Gasteiger partial charge is 0.382 e. The Balaban J connectivity index is 1.44. The van der Waals surface area contributed by atoms with Gasteiger partial charge in [0.1, 0.15) is 17.2 Å². The molecule has 7 nitrogen and oxygen atoms in total. The molecule has 0 fully saturated rings. The number of hydrogen-bond acceptors (Lipinski definition) is 5. The zero-order valence-electron chi connectivity index (χ0n) is 18.0. The van der Waals surface area contributed by atoms with Crippen molar-refractivity contribution in [3.63, 3.8) is 0 Å². The Morgan fingerprint density at radius 2 is 1.74 bits per heavy atom. The highest BCUT2D eigenvalue weighted by Gasteiger charge is 2.30. The molecule has 0 unspecified atom stereocenters. The molecule has 0 radical (unpaired) electrons. The van der Waals surface area contributed by atoms with E-state index in [1.54, 1.807) is 18.2 Å². The number of hydrogen-bond donors (Lipinski definition) is 4. The Bertz CT molecular complexity index is 1540. The number of H-pyrrole nitrogens is 2. The van der Waals surface area contributed by atoms with Gasteiger partial charge in [-0.25, -0.2) is 9.97 Å². The molecule has 11 heteroatoms. The number of alkyl halides is 3. The van der Waals surface area contributed by atoms with Crippen molar-refractivity contribution in [3.8, 4) is 11.4 Å². The van der Waals surface area contributed by atoms with Gasteiger partial charge in [-0.3, -0.25) is 4.79 Å². The average Bonchev–Trinajstić information content (AvgIpc) is 3.25. The van der Waals surface area contributed by atoms with Gasteiger partial charge in [0, 0.05) is 29.7 Å². The number of imidazole rings is 1.